The first kappa shape index (κ1) is 14.2. The lowest BCUT2D eigenvalue weighted by Crippen LogP contribution is -1.90. The van der Waals surface area contributed by atoms with E-state index in [1.807, 2.05) is 24.5 Å². The van der Waals surface area contributed by atoms with E-state index in [1.54, 1.807) is 0 Å². The Morgan fingerprint density at radius 2 is 1.00 bits per heavy atom. The minimum absolute atomic E-state index is 0. The lowest BCUT2D eigenvalue weighted by atomic mass is 10.3. The van der Waals surface area contributed by atoms with E-state index in [0.717, 1.165) is 0 Å². The third-order valence-electron chi connectivity index (χ3n) is 1.46. The summed E-state index contributed by atoms with van der Waals surface area (Å²) in [5.41, 5.74) is 0. The van der Waals surface area contributed by atoms with Gasteiger partial charge in [0.25, 0.3) is 0 Å². The molecule has 1 nitrogen and oxygen atoms in total. The second-order valence-corrected chi connectivity index (χ2v) is 2.57. The molecule has 1 N–H and O–H groups in total. The van der Waals surface area contributed by atoms with Crippen LogP contribution in [-0.2, 0) is 0 Å². The number of hydrogen-bond donors (Lipinski definition) is 1. The summed E-state index contributed by atoms with van der Waals surface area (Å²) in [5.74, 6) is -5.56. The maximum atomic E-state index is 12.0. The van der Waals surface area contributed by atoms with E-state index in [0.29, 0.717) is 0 Å². The Bertz CT molecular complexity index is 345. The van der Waals surface area contributed by atoms with Crippen LogP contribution in [0.3, 0.4) is 0 Å². The molecular formula is C11H11F4N. The lowest BCUT2D eigenvalue weighted by molar-refractivity contribution is 0.454. The molecule has 0 atom stereocenters. The molecule has 0 bridgehead atoms. The molecule has 0 amide bonds. The number of rotatable bonds is 0. The highest BCUT2D eigenvalue weighted by atomic mass is 19.2. The molecule has 0 aliphatic carbocycles. The van der Waals surface area contributed by atoms with Crippen LogP contribution in [-0.4, -0.2) is 4.98 Å². The van der Waals surface area contributed by atoms with Crippen molar-refractivity contribution in [2.45, 2.75) is 7.43 Å². The Labute approximate surface area is 90.7 Å². The zero-order valence-corrected chi connectivity index (χ0v) is 7.48. The number of halogens is 4. The van der Waals surface area contributed by atoms with Crippen molar-refractivity contribution in [3.8, 4) is 0 Å². The van der Waals surface area contributed by atoms with Gasteiger partial charge in [-0.15, -0.1) is 0 Å². The van der Waals surface area contributed by atoms with E-state index in [-0.39, 0.29) is 19.6 Å². The van der Waals surface area contributed by atoms with Crippen molar-refractivity contribution in [1.82, 2.24) is 4.98 Å². The maximum Gasteiger partial charge on any atom is 0.161 e. The van der Waals surface area contributed by atoms with Gasteiger partial charge in [-0.1, -0.05) is 7.43 Å². The number of hydrogen-bond acceptors (Lipinski definition) is 0. The molecule has 0 saturated carbocycles. The van der Waals surface area contributed by atoms with Crippen LogP contribution in [0.4, 0.5) is 17.6 Å². The van der Waals surface area contributed by atoms with Crippen molar-refractivity contribution in [3.63, 3.8) is 0 Å². The van der Waals surface area contributed by atoms with Gasteiger partial charge in [-0.25, -0.2) is 17.6 Å². The summed E-state index contributed by atoms with van der Waals surface area (Å²) in [6.45, 7) is 0. The van der Waals surface area contributed by atoms with Crippen LogP contribution in [0.25, 0.3) is 0 Å². The summed E-state index contributed by atoms with van der Waals surface area (Å²) < 4.78 is 47.9. The van der Waals surface area contributed by atoms with Crippen molar-refractivity contribution in [2.75, 3.05) is 0 Å². The molecule has 2 aromatic rings. The zero-order valence-electron chi connectivity index (χ0n) is 7.48. The van der Waals surface area contributed by atoms with Crippen LogP contribution < -0.4 is 0 Å². The van der Waals surface area contributed by atoms with Crippen LogP contribution >= 0.6 is 0 Å². The zero-order chi connectivity index (χ0) is 11.3. The number of nitrogens with one attached hydrogen (secondary N) is 1. The predicted octanol–water partition coefficient (Wildman–Crippen LogP) is 3.89. The molecule has 16 heavy (non-hydrogen) atoms. The third-order valence-corrected chi connectivity index (χ3v) is 1.46. The van der Waals surface area contributed by atoms with Crippen LogP contribution in [0.1, 0.15) is 7.43 Å². The maximum absolute atomic E-state index is 12.0. The summed E-state index contributed by atoms with van der Waals surface area (Å²) >= 11 is 0. The van der Waals surface area contributed by atoms with E-state index in [4.69, 9.17) is 0 Å². The molecule has 0 aliphatic rings. The van der Waals surface area contributed by atoms with Crippen molar-refractivity contribution in [1.29, 1.82) is 0 Å². The Kier molecular flexibility index (Phi) is 5.92. The first-order valence-electron chi connectivity index (χ1n) is 3.99. The van der Waals surface area contributed by atoms with Gasteiger partial charge in [0, 0.05) is 24.5 Å². The van der Waals surface area contributed by atoms with E-state index in [9.17, 15) is 17.6 Å². The number of aromatic nitrogens is 1. The van der Waals surface area contributed by atoms with E-state index in [2.05, 4.69) is 4.98 Å². The van der Waals surface area contributed by atoms with Crippen LogP contribution in [0, 0.1) is 23.3 Å². The van der Waals surface area contributed by atoms with Gasteiger partial charge in [-0.2, -0.15) is 0 Å². The SMILES string of the molecule is C.Fc1cc(F)c(F)cc1F.c1cc[nH]c1. The van der Waals surface area contributed by atoms with Gasteiger partial charge in [0.1, 0.15) is 0 Å². The van der Waals surface area contributed by atoms with Gasteiger partial charge in [0.15, 0.2) is 23.3 Å². The second kappa shape index (κ2) is 6.66. The molecule has 1 aromatic heterocycles. The van der Waals surface area contributed by atoms with Crippen molar-refractivity contribution in [2.24, 2.45) is 0 Å². The van der Waals surface area contributed by atoms with Crippen LogP contribution in [0.5, 0.6) is 0 Å². The summed E-state index contributed by atoms with van der Waals surface area (Å²) in [6.07, 6.45) is 3.75. The largest absolute Gasteiger partial charge is 0.368 e. The van der Waals surface area contributed by atoms with Gasteiger partial charge in [0.2, 0.25) is 0 Å². The molecule has 0 aliphatic heterocycles. The highest BCUT2D eigenvalue weighted by Crippen LogP contribution is 2.11. The Balaban J connectivity index is 0.000000318. The second-order valence-electron chi connectivity index (χ2n) is 2.57. The first-order chi connectivity index (χ1) is 7.11. The lowest BCUT2D eigenvalue weighted by Gasteiger charge is -1.92. The molecule has 0 spiro atoms. The van der Waals surface area contributed by atoms with Gasteiger partial charge in [-0.3, -0.25) is 0 Å². The average Bonchev–Trinajstić information content (AvgIpc) is 2.73. The van der Waals surface area contributed by atoms with E-state index >= 15 is 0 Å². The number of benzene rings is 1. The molecule has 1 heterocycles. The molecule has 5 heteroatoms. The van der Waals surface area contributed by atoms with Gasteiger partial charge in [0.05, 0.1) is 0 Å². The van der Waals surface area contributed by atoms with Crippen molar-refractivity contribution in [3.05, 3.63) is 59.9 Å². The normalized spacial score (nSPS) is 8.75. The Morgan fingerprint density at radius 1 is 0.688 bits per heavy atom. The highest BCUT2D eigenvalue weighted by Gasteiger charge is 2.07. The smallest absolute Gasteiger partial charge is 0.161 e. The quantitative estimate of drug-likeness (QED) is 0.524. The van der Waals surface area contributed by atoms with Gasteiger partial charge in [-0.05, 0) is 12.1 Å². The minimum atomic E-state index is -1.39. The van der Waals surface area contributed by atoms with E-state index in [1.165, 1.54) is 0 Å². The van der Waals surface area contributed by atoms with E-state index < -0.39 is 23.3 Å². The standard InChI is InChI=1S/C6H2F4.C4H5N.CH4/c7-3-1-4(8)6(10)2-5(3)9;1-2-4-5-3-1;/h1-2H;1-5H;1H4. The van der Waals surface area contributed by atoms with Gasteiger partial charge >= 0.3 is 0 Å². The highest BCUT2D eigenvalue weighted by molar-refractivity contribution is 5.10. The third kappa shape index (κ3) is 4.16. The molecule has 88 valence electrons. The topological polar surface area (TPSA) is 15.8 Å². The Morgan fingerprint density at radius 3 is 1.19 bits per heavy atom. The fraction of sp³-hybridized carbons (Fsp3) is 0.0909. The first-order valence-corrected chi connectivity index (χ1v) is 3.99. The molecule has 0 unspecified atom stereocenters. The molecule has 1 aromatic carbocycles. The van der Waals surface area contributed by atoms with Crippen molar-refractivity contribution < 1.29 is 17.6 Å². The fourth-order valence-electron chi connectivity index (χ4n) is 0.776. The predicted molar refractivity (Wildman–Crippen MR) is 53.8 cm³/mol. The summed E-state index contributed by atoms with van der Waals surface area (Å²) in [5, 5.41) is 0. The molecule has 2 rings (SSSR count). The minimum Gasteiger partial charge on any atom is -0.368 e. The van der Waals surface area contributed by atoms with Crippen molar-refractivity contribution >= 4 is 0 Å². The average molecular weight is 233 g/mol. The summed E-state index contributed by atoms with van der Waals surface area (Å²) in [6, 6.07) is 4.20. The van der Waals surface area contributed by atoms with Crippen LogP contribution in [0.15, 0.2) is 36.7 Å². The number of aromatic amines is 1. The summed E-state index contributed by atoms with van der Waals surface area (Å²) in [4.78, 5) is 2.86. The van der Waals surface area contributed by atoms with Crippen LogP contribution in [0.2, 0.25) is 0 Å². The molecular weight excluding hydrogens is 222 g/mol. The summed E-state index contributed by atoms with van der Waals surface area (Å²) in [7, 11) is 0. The van der Waals surface area contributed by atoms with Gasteiger partial charge < -0.3 is 4.98 Å². The molecule has 0 fully saturated rings. The monoisotopic (exact) mass is 233 g/mol. The molecule has 0 radical (unpaired) electrons. The fourth-order valence-corrected chi connectivity index (χ4v) is 0.776. The Hall–Kier alpha value is -1.78. The number of H-pyrrole nitrogens is 1. The molecule has 0 saturated heterocycles.